The van der Waals surface area contributed by atoms with E-state index in [-0.39, 0.29) is 5.91 Å². The van der Waals surface area contributed by atoms with Crippen molar-refractivity contribution in [1.29, 1.82) is 0 Å². The molecule has 0 aliphatic carbocycles. The summed E-state index contributed by atoms with van der Waals surface area (Å²) in [6.07, 6.45) is 1.12. The summed E-state index contributed by atoms with van der Waals surface area (Å²) in [6.45, 7) is 2.97. The number of carbonyl (C=O) groups is 1. The summed E-state index contributed by atoms with van der Waals surface area (Å²) in [5.74, 6) is 2.69. The van der Waals surface area contributed by atoms with Crippen molar-refractivity contribution in [1.82, 2.24) is 14.5 Å². The second-order valence-corrected chi connectivity index (χ2v) is 7.48. The Balaban J connectivity index is 1.35. The van der Waals surface area contributed by atoms with E-state index >= 15 is 0 Å². The molecule has 1 amide bonds. The maximum atomic E-state index is 12.8. The molecule has 7 nitrogen and oxygen atoms in total. The molecule has 1 saturated heterocycles. The third-order valence-corrected chi connectivity index (χ3v) is 5.80. The number of hydrogen-bond acceptors (Lipinski definition) is 5. The number of aromatic nitrogens is 2. The predicted octanol–water partition coefficient (Wildman–Crippen LogP) is 2.87. The first-order valence-corrected chi connectivity index (χ1v) is 10.3. The molecule has 158 valence electrons. The predicted molar refractivity (Wildman–Crippen MR) is 117 cm³/mol. The molecule has 3 aromatic rings. The van der Waals surface area contributed by atoms with E-state index in [4.69, 9.17) is 9.47 Å². The molecule has 2 aromatic carbocycles. The fourth-order valence-corrected chi connectivity index (χ4v) is 4.04. The van der Waals surface area contributed by atoms with Crippen LogP contribution in [0.5, 0.6) is 11.5 Å². The minimum Gasteiger partial charge on any atom is -0.497 e. The lowest BCUT2D eigenvalue weighted by molar-refractivity contribution is -0.131. The molecule has 1 aliphatic rings. The Bertz CT molecular complexity index is 1040. The molecule has 30 heavy (non-hydrogen) atoms. The van der Waals surface area contributed by atoms with Gasteiger partial charge in [-0.05, 0) is 24.3 Å². The lowest BCUT2D eigenvalue weighted by Gasteiger charge is -2.36. The van der Waals surface area contributed by atoms with E-state index in [1.807, 2.05) is 48.3 Å². The third kappa shape index (κ3) is 3.92. The zero-order valence-electron chi connectivity index (χ0n) is 17.8. The number of carbonyl (C=O) groups excluding carboxylic acids is 1. The smallest absolute Gasteiger partial charge is 0.223 e. The van der Waals surface area contributed by atoms with Crippen molar-refractivity contribution in [2.24, 2.45) is 7.05 Å². The van der Waals surface area contributed by atoms with Crippen molar-refractivity contribution in [2.45, 2.75) is 12.8 Å². The molecule has 1 aromatic heterocycles. The summed E-state index contributed by atoms with van der Waals surface area (Å²) in [5, 5.41) is 0. The number of piperazine rings is 1. The van der Waals surface area contributed by atoms with Gasteiger partial charge in [-0.3, -0.25) is 4.79 Å². The fraction of sp³-hybridized carbons (Fsp3) is 0.391. The summed E-state index contributed by atoms with van der Waals surface area (Å²) >= 11 is 0. The molecule has 0 radical (unpaired) electrons. The molecule has 0 atom stereocenters. The van der Waals surface area contributed by atoms with Crippen LogP contribution in [-0.4, -0.2) is 60.8 Å². The highest BCUT2D eigenvalue weighted by Crippen LogP contribution is 2.32. The van der Waals surface area contributed by atoms with Gasteiger partial charge in [-0.25, -0.2) is 4.98 Å². The highest BCUT2D eigenvalue weighted by molar-refractivity contribution is 5.78. The number of nitrogens with zero attached hydrogens (tertiary/aromatic N) is 4. The Labute approximate surface area is 176 Å². The molecule has 0 spiro atoms. The van der Waals surface area contributed by atoms with Crippen LogP contribution in [0.4, 0.5) is 5.69 Å². The highest BCUT2D eigenvalue weighted by Gasteiger charge is 2.23. The van der Waals surface area contributed by atoms with Gasteiger partial charge in [-0.2, -0.15) is 0 Å². The van der Waals surface area contributed by atoms with E-state index in [0.717, 1.165) is 47.1 Å². The van der Waals surface area contributed by atoms with Crippen LogP contribution in [0.2, 0.25) is 0 Å². The SMILES string of the molecule is COc1ccc(N2CCN(C(=O)CCc3nc4ccccc4n3C)CC2)c(OC)c1. The van der Waals surface area contributed by atoms with Gasteiger partial charge in [0.05, 0.1) is 30.9 Å². The quantitative estimate of drug-likeness (QED) is 0.628. The van der Waals surface area contributed by atoms with Gasteiger partial charge in [-0.15, -0.1) is 0 Å². The van der Waals surface area contributed by atoms with Gasteiger partial charge >= 0.3 is 0 Å². The van der Waals surface area contributed by atoms with Crippen molar-refractivity contribution >= 4 is 22.6 Å². The van der Waals surface area contributed by atoms with Crippen LogP contribution in [0.15, 0.2) is 42.5 Å². The average Bonchev–Trinajstić information content (AvgIpc) is 3.12. The standard InChI is InChI=1S/C23H28N4O3/c1-25-19-7-5-4-6-18(19)24-22(25)10-11-23(28)27-14-12-26(13-15-27)20-9-8-17(29-2)16-21(20)30-3/h4-9,16H,10-15H2,1-3H3. The van der Waals surface area contributed by atoms with Crippen LogP contribution in [-0.2, 0) is 18.3 Å². The van der Waals surface area contributed by atoms with E-state index < -0.39 is 0 Å². The molecule has 1 fully saturated rings. The van der Waals surface area contributed by atoms with Crippen LogP contribution in [0, 0.1) is 0 Å². The van der Waals surface area contributed by atoms with Crippen molar-refractivity contribution in [3.05, 3.63) is 48.3 Å². The van der Waals surface area contributed by atoms with Gasteiger partial charge in [0.1, 0.15) is 17.3 Å². The number of amides is 1. The second-order valence-electron chi connectivity index (χ2n) is 7.48. The largest absolute Gasteiger partial charge is 0.497 e. The van der Waals surface area contributed by atoms with E-state index in [2.05, 4.69) is 20.5 Å². The molecule has 2 heterocycles. The second kappa shape index (κ2) is 8.65. The molecule has 1 aliphatic heterocycles. The number of methoxy groups -OCH3 is 2. The number of ether oxygens (including phenoxy) is 2. The van der Waals surface area contributed by atoms with E-state index in [9.17, 15) is 4.79 Å². The molecule has 0 N–H and O–H groups in total. The van der Waals surface area contributed by atoms with E-state index in [1.165, 1.54) is 0 Å². The monoisotopic (exact) mass is 408 g/mol. The Kier molecular flexibility index (Phi) is 5.79. The minimum absolute atomic E-state index is 0.184. The number of fused-ring (bicyclic) bond motifs is 1. The van der Waals surface area contributed by atoms with Crippen LogP contribution in [0.25, 0.3) is 11.0 Å². The summed E-state index contributed by atoms with van der Waals surface area (Å²) in [4.78, 5) is 21.7. The van der Waals surface area contributed by atoms with Crippen molar-refractivity contribution in [3.63, 3.8) is 0 Å². The number of aryl methyl sites for hydroxylation is 2. The molecule has 0 bridgehead atoms. The molecular weight excluding hydrogens is 380 g/mol. The maximum absolute atomic E-state index is 12.8. The molecule has 7 heteroatoms. The summed E-state index contributed by atoms with van der Waals surface area (Å²) < 4.78 is 12.9. The Morgan fingerprint density at radius 2 is 1.80 bits per heavy atom. The Morgan fingerprint density at radius 1 is 1.03 bits per heavy atom. The zero-order valence-corrected chi connectivity index (χ0v) is 17.8. The third-order valence-electron chi connectivity index (χ3n) is 5.80. The molecule has 0 unspecified atom stereocenters. The van der Waals surface area contributed by atoms with Gasteiger partial charge in [-0.1, -0.05) is 12.1 Å². The fourth-order valence-electron chi connectivity index (χ4n) is 4.04. The topological polar surface area (TPSA) is 59.8 Å². The van der Waals surface area contributed by atoms with Gasteiger partial charge < -0.3 is 23.8 Å². The summed E-state index contributed by atoms with van der Waals surface area (Å²) in [6, 6.07) is 13.9. The van der Waals surface area contributed by atoms with Crippen molar-refractivity contribution < 1.29 is 14.3 Å². The van der Waals surface area contributed by atoms with E-state index in [0.29, 0.717) is 25.9 Å². The summed E-state index contributed by atoms with van der Waals surface area (Å²) in [5.41, 5.74) is 3.11. The van der Waals surface area contributed by atoms with Gasteiger partial charge in [0.2, 0.25) is 5.91 Å². The minimum atomic E-state index is 0.184. The van der Waals surface area contributed by atoms with Crippen LogP contribution < -0.4 is 14.4 Å². The number of rotatable bonds is 6. The van der Waals surface area contributed by atoms with Gasteiger partial charge in [0.15, 0.2) is 0 Å². The number of hydrogen-bond donors (Lipinski definition) is 0. The zero-order chi connectivity index (χ0) is 21.1. The molecular formula is C23H28N4O3. The Morgan fingerprint density at radius 3 is 2.50 bits per heavy atom. The number of benzene rings is 2. The first kappa shape index (κ1) is 20.1. The van der Waals surface area contributed by atoms with Crippen LogP contribution in [0.3, 0.4) is 0 Å². The lowest BCUT2D eigenvalue weighted by Crippen LogP contribution is -2.49. The number of imidazole rings is 1. The number of anilines is 1. The lowest BCUT2D eigenvalue weighted by atomic mass is 10.2. The molecule has 4 rings (SSSR count). The maximum Gasteiger partial charge on any atom is 0.223 e. The first-order chi connectivity index (χ1) is 14.6. The van der Waals surface area contributed by atoms with Crippen molar-refractivity contribution in [2.75, 3.05) is 45.3 Å². The van der Waals surface area contributed by atoms with E-state index in [1.54, 1.807) is 14.2 Å². The average molecular weight is 409 g/mol. The van der Waals surface area contributed by atoms with Crippen molar-refractivity contribution in [3.8, 4) is 11.5 Å². The summed E-state index contributed by atoms with van der Waals surface area (Å²) in [7, 11) is 5.32. The first-order valence-electron chi connectivity index (χ1n) is 10.3. The van der Waals surface area contributed by atoms with Gasteiger partial charge in [0, 0.05) is 52.1 Å². The van der Waals surface area contributed by atoms with Gasteiger partial charge in [0.25, 0.3) is 0 Å². The highest BCUT2D eigenvalue weighted by atomic mass is 16.5. The number of para-hydroxylation sites is 2. The Hall–Kier alpha value is -3.22. The van der Waals surface area contributed by atoms with Crippen LogP contribution in [0.1, 0.15) is 12.2 Å². The van der Waals surface area contributed by atoms with Crippen LogP contribution >= 0.6 is 0 Å². The molecule has 0 saturated carbocycles. The normalized spacial score (nSPS) is 14.2.